The zero-order valence-corrected chi connectivity index (χ0v) is 18.0. The van der Waals surface area contributed by atoms with Crippen LogP contribution >= 0.6 is 0 Å². The predicted molar refractivity (Wildman–Crippen MR) is 113 cm³/mol. The summed E-state index contributed by atoms with van der Waals surface area (Å²) in [7, 11) is 1.82. The van der Waals surface area contributed by atoms with Gasteiger partial charge in [-0.1, -0.05) is 11.2 Å². The van der Waals surface area contributed by atoms with Gasteiger partial charge in [0.05, 0.1) is 29.2 Å². The van der Waals surface area contributed by atoms with Gasteiger partial charge < -0.3 is 19.3 Å². The second-order valence-electron chi connectivity index (χ2n) is 7.95. The molecule has 0 bridgehead atoms. The second kappa shape index (κ2) is 8.93. The van der Waals surface area contributed by atoms with Gasteiger partial charge in [0.1, 0.15) is 6.54 Å². The van der Waals surface area contributed by atoms with Crippen LogP contribution in [0.5, 0.6) is 0 Å². The van der Waals surface area contributed by atoms with E-state index in [1.54, 1.807) is 12.1 Å². The van der Waals surface area contributed by atoms with Crippen LogP contribution in [0.2, 0.25) is 0 Å². The molecule has 1 saturated heterocycles. The monoisotopic (exact) mass is 466 g/mol. The summed E-state index contributed by atoms with van der Waals surface area (Å²) in [6, 6.07) is 6.25. The Morgan fingerprint density at radius 2 is 2.15 bits per heavy atom. The minimum Gasteiger partial charge on any atom is -0.347 e. The molecule has 0 spiro atoms. The van der Waals surface area contributed by atoms with Crippen LogP contribution in [0.1, 0.15) is 19.2 Å². The standard InChI is InChI=1S/C21H22F4N6O2/c1-12(32)26-9-19-28-20(29-33-19)18-8-13-15(27-16-6-7-30(2)10-14(16)22)4-3-5-17(13)31(18)11-21(23,24)25/h3-5,8,14H,6-7,9-11H2,1-2H3,(H,26,32)/b27-16+/t14-/m0/s1. The number of rotatable bonds is 5. The molecule has 0 aliphatic carbocycles. The molecule has 1 amide bonds. The van der Waals surface area contributed by atoms with Gasteiger partial charge >= 0.3 is 6.18 Å². The molecular formula is C21H22F4N6O2. The predicted octanol–water partition coefficient (Wildman–Crippen LogP) is 3.64. The highest BCUT2D eigenvalue weighted by Gasteiger charge is 2.31. The summed E-state index contributed by atoms with van der Waals surface area (Å²) in [6.07, 6.45) is -5.32. The minimum atomic E-state index is -4.51. The van der Waals surface area contributed by atoms with E-state index in [4.69, 9.17) is 4.52 Å². The lowest BCUT2D eigenvalue weighted by atomic mass is 10.1. The van der Waals surface area contributed by atoms with Crippen LogP contribution in [-0.2, 0) is 17.9 Å². The molecule has 33 heavy (non-hydrogen) atoms. The number of aromatic nitrogens is 3. The summed E-state index contributed by atoms with van der Waals surface area (Å²) < 4.78 is 60.8. The van der Waals surface area contributed by atoms with Crippen molar-refractivity contribution in [3.05, 3.63) is 30.2 Å². The Morgan fingerprint density at radius 1 is 1.36 bits per heavy atom. The number of benzene rings is 1. The maximum atomic E-state index is 14.5. The molecule has 2 aromatic heterocycles. The van der Waals surface area contributed by atoms with Gasteiger partial charge in [0.25, 0.3) is 0 Å². The average Bonchev–Trinajstić information content (AvgIpc) is 3.33. The molecule has 1 aliphatic heterocycles. The number of nitrogens with zero attached hydrogens (tertiary/aromatic N) is 5. The molecule has 3 aromatic rings. The first-order chi connectivity index (χ1) is 15.6. The molecule has 3 heterocycles. The molecular weight excluding hydrogens is 444 g/mol. The van der Waals surface area contributed by atoms with E-state index in [-0.39, 0.29) is 41.9 Å². The van der Waals surface area contributed by atoms with Gasteiger partial charge in [-0.3, -0.25) is 9.79 Å². The number of carbonyl (C=O) groups excluding carboxylic acids is 1. The van der Waals surface area contributed by atoms with E-state index in [9.17, 15) is 22.4 Å². The number of hydrogen-bond acceptors (Lipinski definition) is 6. The molecule has 4 rings (SSSR count). The zero-order valence-electron chi connectivity index (χ0n) is 18.0. The quantitative estimate of drug-likeness (QED) is 0.580. The Labute approximate surface area is 186 Å². The van der Waals surface area contributed by atoms with Crippen molar-refractivity contribution in [1.82, 2.24) is 24.9 Å². The van der Waals surface area contributed by atoms with E-state index in [1.807, 2.05) is 11.9 Å². The van der Waals surface area contributed by atoms with Crippen LogP contribution in [0.3, 0.4) is 0 Å². The van der Waals surface area contributed by atoms with Crippen molar-refractivity contribution in [3.8, 4) is 11.5 Å². The number of aliphatic imine (C=N–C) groups is 1. The lowest BCUT2D eigenvalue weighted by molar-refractivity contribution is -0.139. The lowest BCUT2D eigenvalue weighted by Gasteiger charge is -2.26. The van der Waals surface area contributed by atoms with E-state index >= 15 is 0 Å². The van der Waals surface area contributed by atoms with Gasteiger partial charge in [-0.05, 0) is 25.2 Å². The zero-order chi connectivity index (χ0) is 23.8. The van der Waals surface area contributed by atoms with Crippen LogP contribution in [0.25, 0.3) is 22.4 Å². The number of likely N-dealkylation sites (tertiary alicyclic amines) is 1. The van der Waals surface area contributed by atoms with Gasteiger partial charge in [-0.25, -0.2) is 4.39 Å². The maximum Gasteiger partial charge on any atom is 0.406 e. The first-order valence-electron chi connectivity index (χ1n) is 10.3. The number of nitrogens with one attached hydrogen (secondary N) is 1. The van der Waals surface area contributed by atoms with E-state index < -0.39 is 18.9 Å². The normalized spacial score (nSPS) is 18.8. The van der Waals surface area contributed by atoms with Crippen molar-refractivity contribution in [3.63, 3.8) is 0 Å². The molecule has 1 N–H and O–H groups in total. The Bertz CT molecular complexity index is 1200. The summed E-state index contributed by atoms with van der Waals surface area (Å²) in [5.74, 6) is -0.321. The number of hydrogen-bond donors (Lipinski definition) is 1. The third-order valence-electron chi connectivity index (χ3n) is 5.29. The van der Waals surface area contributed by atoms with Crippen LogP contribution in [-0.4, -0.2) is 63.7 Å². The molecule has 0 unspecified atom stereocenters. The van der Waals surface area contributed by atoms with Gasteiger partial charge in [-0.2, -0.15) is 18.2 Å². The molecule has 8 nitrogen and oxygen atoms in total. The fraction of sp³-hybridized carbons (Fsp3) is 0.429. The molecule has 12 heteroatoms. The van der Waals surface area contributed by atoms with E-state index in [0.717, 1.165) is 4.57 Å². The topological polar surface area (TPSA) is 88.5 Å². The Balaban J connectivity index is 1.79. The molecule has 1 aliphatic rings. The Morgan fingerprint density at radius 3 is 2.85 bits per heavy atom. The van der Waals surface area contributed by atoms with Crippen LogP contribution in [0.15, 0.2) is 33.8 Å². The highest BCUT2D eigenvalue weighted by atomic mass is 19.4. The number of alkyl halides is 4. The van der Waals surface area contributed by atoms with Crippen molar-refractivity contribution in [2.24, 2.45) is 4.99 Å². The van der Waals surface area contributed by atoms with Crippen molar-refractivity contribution in [1.29, 1.82) is 0 Å². The number of fused-ring (bicyclic) bond motifs is 1. The van der Waals surface area contributed by atoms with Crippen molar-refractivity contribution < 1.29 is 26.9 Å². The van der Waals surface area contributed by atoms with Gasteiger partial charge in [-0.15, -0.1) is 0 Å². The van der Waals surface area contributed by atoms with E-state index in [1.165, 1.54) is 19.1 Å². The van der Waals surface area contributed by atoms with Crippen molar-refractivity contribution >= 4 is 28.2 Å². The first-order valence-corrected chi connectivity index (χ1v) is 10.3. The summed E-state index contributed by atoms with van der Waals surface area (Å²) in [5.41, 5.74) is 1.08. The lowest BCUT2D eigenvalue weighted by Crippen LogP contribution is -2.39. The van der Waals surface area contributed by atoms with Crippen LogP contribution in [0.4, 0.5) is 23.2 Å². The first kappa shape index (κ1) is 22.9. The third kappa shape index (κ3) is 5.21. The Kier molecular flexibility index (Phi) is 6.19. The number of amides is 1. The highest BCUT2D eigenvalue weighted by molar-refractivity contribution is 5.99. The van der Waals surface area contributed by atoms with Crippen molar-refractivity contribution in [2.75, 3.05) is 20.1 Å². The summed E-state index contributed by atoms with van der Waals surface area (Å²) >= 11 is 0. The van der Waals surface area contributed by atoms with Gasteiger partial charge in [0, 0.05) is 31.8 Å². The number of piperidine rings is 1. The second-order valence-corrected chi connectivity index (χ2v) is 7.95. The largest absolute Gasteiger partial charge is 0.406 e. The minimum absolute atomic E-state index is 0.0485. The van der Waals surface area contributed by atoms with Crippen LogP contribution in [0, 0.1) is 0 Å². The fourth-order valence-corrected chi connectivity index (χ4v) is 3.74. The number of halogens is 4. The summed E-state index contributed by atoms with van der Waals surface area (Å²) in [6.45, 7) is 0.851. The molecule has 1 atom stereocenters. The van der Waals surface area contributed by atoms with Crippen LogP contribution < -0.4 is 5.32 Å². The van der Waals surface area contributed by atoms with Crippen molar-refractivity contribution in [2.45, 2.75) is 38.8 Å². The SMILES string of the molecule is CC(=O)NCc1nc(-c2cc3c(/N=C4\CCN(C)C[C@@H]4F)cccc3n2CC(F)(F)F)no1. The van der Waals surface area contributed by atoms with E-state index in [2.05, 4.69) is 20.4 Å². The fourth-order valence-electron chi connectivity index (χ4n) is 3.74. The van der Waals surface area contributed by atoms with E-state index in [0.29, 0.717) is 29.8 Å². The molecule has 1 fully saturated rings. The Hall–Kier alpha value is -3.28. The highest BCUT2D eigenvalue weighted by Crippen LogP contribution is 2.35. The molecule has 0 saturated carbocycles. The molecule has 176 valence electrons. The summed E-state index contributed by atoms with van der Waals surface area (Å²) in [4.78, 5) is 21.5. The maximum absolute atomic E-state index is 14.5. The molecule has 0 radical (unpaired) electrons. The smallest absolute Gasteiger partial charge is 0.347 e. The number of carbonyl (C=O) groups is 1. The summed E-state index contributed by atoms with van der Waals surface area (Å²) in [5, 5.41) is 6.70. The third-order valence-corrected chi connectivity index (χ3v) is 5.29. The average molecular weight is 466 g/mol. The van der Waals surface area contributed by atoms with Gasteiger partial charge in [0.15, 0.2) is 6.17 Å². The molecule has 1 aromatic carbocycles. The van der Waals surface area contributed by atoms with Gasteiger partial charge in [0.2, 0.25) is 17.6 Å².